The van der Waals surface area contributed by atoms with Crippen LogP contribution in [0.3, 0.4) is 0 Å². The van der Waals surface area contributed by atoms with Gasteiger partial charge in [-0.3, -0.25) is 4.79 Å². The molecule has 0 aliphatic heterocycles. The number of carbonyl (C=O) groups excluding carboxylic acids is 1. The lowest BCUT2D eigenvalue weighted by atomic mass is 10.1. The molecule has 0 spiro atoms. The normalized spacial score (nSPS) is 10.6. The first kappa shape index (κ1) is 14.2. The highest BCUT2D eigenvalue weighted by Gasteiger charge is 2.10. The van der Waals surface area contributed by atoms with Crippen LogP contribution in [0.5, 0.6) is 5.88 Å². The van der Waals surface area contributed by atoms with E-state index >= 15 is 0 Å². The van der Waals surface area contributed by atoms with E-state index < -0.39 is 0 Å². The third-order valence-corrected chi connectivity index (χ3v) is 3.39. The Kier molecular flexibility index (Phi) is 3.83. The SMILES string of the molecule is Cc1ccc(C(=O)COc2nc(C)nc3ccccc23)cc1. The molecule has 3 rings (SSSR count). The molecule has 2 aromatic carbocycles. The number of ketones is 1. The molecule has 0 bridgehead atoms. The van der Waals surface area contributed by atoms with Crippen LogP contribution in [-0.4, -0.2) is 22.4 Å². The molecule has 4 nitrogen and oxygen atoms in total. The summed E-state index contributed by atoms with van der Waals surface area (Å²) in [5.41, 5.74) is 2.57. The third-order valence-electron chi connectivity index (χ3n) is 3.39. The van der Waals surface area contributed by atoms with E-state index in [0.717, 1.165) is 16.5 Å². The average molecular weight is 292 g/mol. The molecule has 0 amide bonds. The highest BCUT2D eigenvalue weighted by molar-refractivity contribution is 5.97. The monoisotopic (exact) mass is 292 g/mol. The van der Waals surface area contributed by atoms with E-state index in [0.29, 0.717) is 17.3 Å². The predicted molar refractivity (Wildman–Crippen MR) is 85.3 cm³/mol. The summed E-state index contributed by atoms with van der Waals surface area (Å²) in [7, 11) is 0. The molecule has 0 saturated heterocycles. The van der Waals surface area contributed by atoms with E-state index in [1.165, 1.54) is 0 Å². The van der Waals surface area contributed by atoms with Crippen molar-refractivity contribution in [1.29, 1.82) is 0 Å². The van der Waals surface area contributed by atoms with Gasteiger partial charge in [-0.05, 0) is 26.0 Å². The van der Waals surface area contributed by atoms with Crippen molar-refractivity contribution in [1.82, 2.24) is 9.97 Å². The number of aryl methyl sites for hydroxylation is 2. The van der Waals surface area contributed by atoms with Crippen LogP contribution in [0.25, 0.3) is 10.9 Å². The number of rotatable bonds is 4. The van der Waals surface area contributed by atoms with Gasteiger partial charge in [-0.25, -0.2) is 4.98 Å². The van der Waals surface area contributed by atoms with Crippen LogP contribution < -0.4 is 4.74 Å². The molecular formula is C18H16N2O2. The molecule has 22 heavy (non-hydrogen) atoms. The Hall–Kier alpha value is -2.75. The summed E-state index contributed by atoms with van der Waals surface area (Å²) in [6, 6.07) is 15.1. The summed E-state index contributed by atoms with van der Waals surface area (Å²) < 4.78 is 5.65. The number of hydrogen-bond donors (Lipinski definition) is 0. The van der Waals surface area contributed by atoms with Crippen LogP contribution in [0.2, 0.25) is 0 Å². The van der Waals surface area contributed by atoms with Gasteiger partial charge in [0.25, 0.3) is 0 Å². The number of carbonyl (C=O) groups is 1. The van der Waals surface area contributed by atoms with Crippen LogP contribution >= 0.6 is 0 Å². The second-order valence-corrected chi connectivity index (χ2v) is 5.17. The fourth-order valence-electron chi connectivity index (χ4n) is 2.23. The number of Topliss-reactive ketones (excluding diaryl/α,β-unsaturated/α-hetero) is 1. The summed E-state index contributed by atoms with van der Waals surface area (Å²) in [5.74, 6) is 1.00. The lowest BCUT2D eigenvalue weighted by Gasteiger charge is -2.08. The summed E-state index contributed by atoms with van der Waals surface area (Å²) >= 11 is 0. The molecule has 1 heterocycles. The number of fused-ring (bicyclic) bond motifs is 1. The van der Waals surface area contributed by atoms with E-state index in [4.69, 9.17) is 4.74 Å². The number of ether oxygens (including phenoxy) is 1. The van der Waals surface area contributed by atoms with Gasteiger partial charge in [0.05, 0.1) is 10.9 Å². The van der Waals surface area contributed by atoms with Gasteiger partial charge in [-0.1, -0.05) is 42.0 Å². The quantitative estimate of drug-likeness (QED) is 0.690. The molecule has 0 N–H and O–H groups in total. The second-order valence-electron chi connectivity index (χ2n) is 5.17. The maximum atomic E-state index is 12.2. The number of benzene rings is 2. The minimum Gasteiger partial charge on any atom is -0.469 e. The zero-order chi connectivity index (χ0) is 15.5. The second kappa shape index (κ2) is 5.93. The van der Waals surface area contributed by atoms with Crippen molar-refractivity contribution < 1.29 is 9.53 Å². The smallest absolute Gasteiger partial charge is 0.225 e. The molecule has 0 aliphatic carbocycles. The minimum absolute atomic E-state index is 0.0382. The summed E-state index contributed by atoms with van der Waals surface area (Å²) in [5, 5.41) is 0.810. The topological polar surface area (TPSA) is 52.1 Å². The summed E-state index contributed by atoms with van der Waals surface area (Å²) in [6.45, 7) is 3.76. The van der Waals surface area contributed by atoms with Crippen LogP contribution in [-0.2, 0) is 0 Å². The van der Waals surface area contributed by atoms with Crippen molar-refractivity contribution in [2.75, 3.05) is 6.61 Å². The van der Waals surface area contributed by atoms with E-state index in [1.807, 2.05) is 55.5 Å². The van der Waals surface area contributed by atoms with E-state index in [9.17, 15) is 4.79 Å². The molecule has 0 fully saturated rings. The first-order chi connectivity index (χ1) is 10.6. The van der Waals surface area contributed by atoms with Crippen molar-refractivity contribution in [3.05, 3.63) is 65.5 Å². The van der Waals surface area contributed by atoms with Crippen LogP contribution in [0, 0.1) is 13.8 Å². The summed E-state index contributed by atoms with van der Waals surface area (Å²) in [4.78, 5) is 20.8. The maximum Gasteiger partial charge on any atom is 0.225 e. The molecule has 0 saturated carbocycles. The van der Waals surface area contributed by atoms with Gasteiger partial charge < -0.3 is 4.74 Å². The van der Waals surface area contributed by atoms with Gasteiger partial charge in [0.1, 0.15) is 5.82 Å². The Balaban J connectivity index is 1.82. The average Bonchev–Trinajstić information content (AvgIpc) is 2.52. The standard InChI is InChI=1S/C18H16N2O2/c1-12-7-9-14(10-8-12)17(21)11-22-18-15-5-3-4-6-16(15)19-13(2)20-18/h3-10H,11H2,1-2H3. The molecule has 0 atom stereocenters. The van der Waals surface area contributed by atoms with Gasteiger partial charge in [-0.15, -0.1) is 0 Å². The van der Waals surface area contributed by atoms with Gasteiger partial charge >= 0.3 is 0 Å². The Morgan fingerprint density at radius 2 is 1.73 bits per heavy atom. The molecule has 3 aromatic rings. The van der Waals surface area contributed by atoms with Crippen molar-refractivity contribution >= 4 is 16.7 Å². The molecular weight excluding hydrogens is 276 g/mol. The van der Waals surface area contributed by atoms with E-state index in [2.05, 4.69) is 9.97 Å². The first-order valence-electron chi connectivity index (χ1n) is 7.09. The van der Waals surface area contributed by atoms with Crippen LogP contribution in [0.4, 0.5) is 0 Å². The number of nitrogens with zero attached hydrogens (tertiary/aromatic N) is 2. The lowest BCUT2D eigenvalue weighted by Crippen LogP contribution is -2.13. The molecule has 0 unspecified atom stereocenters. The maximum absolute atomic E-state index is 12.2. The van der Waals surface area contributed by atoms with Crippen molar-refractivity contribution in [2.24, 2.45) is 0 Å². The lowest BCUT2D eigenvalue weighted by molar-refractivity contribution is 0.0919. The van der Waals surface area contributed by atoms with Crippen LogP contribution in [0.1, 0.15) is 21.7 Å². The number of hydrogen-bond acceptors (Lipinski definition) is 4. The minimum atomic E-state index is -0.0691. The van der Waals surface area contributed by atoms with Gasteiger partial charge in [0.15, 0.2) is 12.4 Å². The predicted octanol–water partition coefficient (Wildman–Crippen LogP) is 3.51. The highest BCUT2D eigenvalue weighted by atomic mass is 16.5. The number of aromatic nitrogens is 2. The molecule has 110 valence electrons. The van der Waals surface area contributed by atoms with Crippen molar-refractivity contribution in [2.45, 2.75) is 13.8 Å². The van der Waals surface area contributed by atoms with Crippen molar-refractivity contribution in [3.8, 4) is 5.88 Å². The van der Waals surface area contributed by atoms with E-state index in [-0.39, 0.29) is 12.4 Å². The number of para-hydroxylation sites is 1. The highest BCUT2D eigenvalue weighted by Crippen LogP contribution is 2.22. The largest absolute Gasteiger partial charge is 0.469 e. The van der Waals surface area contributed by atoms with Gasteiger partial charge in [-0.2, -0.15) is 4.98 Å². The first-order valence-corrected chi connectivity index (χ1v) is 7.09. The van der Waals surface area contributed by atoms with Gasteiger partial charge in [0.2, 0.25) is 5.88 Å². The fraction of sp³-hybridized carbons (Fsp3) is 0.167. The Morgan fingerprint density at radius 1 is 1.00 bits per heavy atom. The Bertz CT molecular complexity index is 826. The molecule has 1 aromatic heterocycles. The zero-order valence-corrected chi connectivity index (χ0v) is 12.5. The molecule has 4 heteroatoms. The summed E-state index contributed by atoms with van der Waals surface area (Å²) in [6.07, 6.45) is 0. The van der Waals surface area contributed by atoms with E-state index in [1.54, 1.807) is 6.92 Å². The Labute approximate surface area is 128 Å². The van der Waals surface area contributed by atoms with Crippen molar-refractivity contribution in [3.63, 3.8) is 0 Å². The van der Waals surface area contributed by atoms with Crippen LogP contribution in [0.15, 0.2) is 48.5 Å². The fourth-order valence-corrected chi connectivity index (χ4v) is 2.23. The third kappa shape index (κ3) is 2.96. The molecule has 0 radical (unpaired) electrons. The Morgan fingerprint density at radius 3 is 2.50 bits per heavy atom. The van der Waals surface area contributed by atoms with Gasteiger partial charge in [0, 0.05) is 5.56 Å². The zero-order valence-electron chi connectivity index (χ0n) is 12.5. The molecule has 0 aliphatic rings.